The Balaban J connectivity index is 1.64. The Kier molecular flexibility index (Phi) is 7.92. The van der Waals surface area contributed by atoms with Gasteiger partial charge in [0.15, 0.2) is 5.17 Å². The number of carbonyl (C=O) groups is 2. The van der Waals surface area contributed by atoms with E-state index >= 15 is 0 Å². The molecule has 4 rings (SSSR count). The monoisotopic (exact) mass is 551 g/mol. The van der Waals surface area contributed by atoms with Gasteiger partial charge >= 0.3 is 6.18 Å². The van der Waals surface area contributed by atoms with Gasteiger partial charge in [0, 0.05) is 22.2 Å². The molecule has 11 heteroatoms. The zero-order valence-electron chi connectivity index (χ0n) is 18.4. The standard InChI is InChI=1S/C25H18Cl2F3N3O2S/c26-17-9-7-15(8-10-17)14-33-22(34)13-21(23(35)31-20-6-2-4-18(27)12-20)36-24(33)32-19-5-1-3-16(11-19)25(28,29)30/h1-12,21H,13-14H2,(H,31,35). The van der Waals surface area contributed by atoms with E-state index in [4.69, 9.17) is 23.2 Å². The normalized spacial score (nSPS) is 17.4. The summed E-state index contributed by atoms with van der Waals surface area (Å²) in [7, 11) is 0. The van der Waals surface area contributed by atoms with Crippen LogP contribution in [0.3, 0.4) is 0 Å². The van der Waals surface area contributed by atoms with Gasteiger partial charge in [-0.15, -0.1) is 0 Å². The van der Waals surface area contributed by atoms with Crippen LogP contribution in [0.15, 0.2) is 77.8 Å². The number of alkyl halides is 3. The van der Waals surface area contributed by atoms with Crippen molar-refractivity contribution in [2.24, 2.45) is 4.99 Å². The molecule has 0 aromatic heterocycles. The lowest BCUT2D eigenvalue weighted by Gasteiger charge is -2.32. The zero-order valence-corrected chi connectivity index (χ0v) is 20.8. The van der Waals surface area contributed by atoms with Crippen LogP contribution < -0.4 is 5.32 Å². The molecule has 1 atom stereocenters. The van der Waals surface area contributed by atoms with E-state index in [0.717, 1.165) is 29.5 Å². The number of anilines is 1. The Morgan fingerprint density at radius 2 is 1.75 bits per heavy atom. The molecule has 3 aromatic carbocycles. The van der Waals surface area contributed by atoms with E-state index in [-0.39, 0.29) is 29.7 Å². The number of amides is 2. The molecule has 36 heavy (non-hydrogen) atoms. The van der Waals surface area contributed by atoms with Crippen molar-refractivity contribution in [3.8, 4) is 0 Å². The van der Waals surface area contributed by atoms with Crippen molar-refractivity contribution in [1.29, 1.82) is 0 Å². The third kappa shape index (κ3) is 6.60. The highest BCUT2D eigenvalue weighted by Gasteiger charge is 2.36. The van der Waals surface area contributed by atoms with Crippen molar-refractivity contribution in [2.75, 3.05) is 5.32 Å². The molecule has 1 unspecified atom stereocenters. The van der Waals surface area contributed by atoms with Gasteiger partial charge in [0.05, 0.1) is 17.8 Å². The van der Waals surface area contributed by atoms with Gasteiger partial charge in [0.2, 0.25) is 11.8 Å². The molecule has 0 spiro atoms. The van der Waals surface area contributed by atoms with Gasteiger partial charge in [-0.2, -0.15) is 13.2 Å². The van der Waals surface area contributed by atoms with Gasteiger partial charge in [-0.1, -0.05) is 59.2 Å². The number of amidine groups is 1. The lowest BCUT2D eigenvalue weighted by atomic mass is 10.2. The van der Waals surface area contributed by atoms with E-state index in [1.807, 2.05) is 0 Å². The number of rotatable bonds is 5. The molecular weight excluding hydrogens is 534 g/mol. The number of hydrogen-bond donors (Lipinski definition) is 1. The Bertz CT molecular complexity index is 1320. The van der Waals surface area contributed by atoms with Gasteiger partial charge < -0.3 is 5.32 Å². The molecule has 5 nitrogen and oxygen atoms in total. The first kappa shape index (κ1) is 26.1. The fourth-order valence-electron chi connectivity index (χ4n) is 3.42. The molecule has 2 amide bonds. The van der Waals surface area contributed by atoms with E-state index < -0.39 is 22.9 Å². The topological polar surface area (TPSA) is 61.8 Å². The smallest absolute Gasteiger partial charge is 0.325 e. The second kappa shape index (κ2) is 10.9. The molecule has 1 N–H and O–H groups in total. The second-order valence-electron chi connectivity index (χ2n) is 7.86. The summed E-state index contributed by atoms with van der Waals surface area (Å²) in [5.41, 5.74) is 0.348. The first-order valence-corrected chi connectivity index (χ1v) is 12.3. The van der Waals surface area contributed by atoms with Gasteiger partial charge in [-0.3, -0.25) is 14.5 Å². The summed E-state index contributed by atoms with van der Waals surface area (Å²) in [4.78, 5) is 31.8. The van der Waals surface area contributed by atoms with Crippen LogP contribution >= 0.6 is 35.0 Å². The Hall–Kier alpha value is -3.01. The maximum absolute atomic E-state index is 13.2. The number of benzene rings is 3. The minimum Gasteiger partial charge on any atom is -0.325 e. The lowest BCUT2D eigenvalue weighted by Crippen LogP contribution is -2.44. The van der Waals surface area contributed by atoms with Gasteiger partial charge in [0.25, 0.3) is 0 Å². The van der Waals surface area contributed by atoms with Crippen LogP contribution in [-0.4, -0.2) is 27.1 Å². The number of aliphatic imine (C=N–C) groups is 1. The number of nitrogens with zero attached hydrogens (tertiary/aromatic N) is 2. The van der Waals surface area contributed by atoms with E-state index in [1.165, 1.54) is 17.0 Å². The molecular formula is C25H18Cl2F3N3O2S. The predicted octanol–water partition coefficient (Wildman–Crippen LogP) is 7.17. The van der Waals surface area contributed by atoms with Crippen molar-refractivity contribution in [3.63, 3.8) is 0 Å². The average molecular weight is 552 g/mol. The van der Waals surface area contributed by atoms with Crippen LogP contribution in [0.2, 0.25) is 10.0 Å². The second-order valence-corrected chi connectivity index (χ2v) is 9.90. The summed E-state index contributed by atoms with van der Waals surface area (Å²) < 4.78 is 39.7. The highest BCUT2D eigenvalue weighted by atomic mass is 35.5. The summed E-state index contributed by atoms with van der Waals surface area (Å²) in [5, 5.41) is 2.95. The first-order valence-electron chi connectivity index (χ1n) is 10.6. The molecule has 0 bridgehead atoms. The Morgan fingerprint density at radius 1 is 1.03 bits per heavy atom. The number of thioether (sulfide) groups is 1. The number of carbonyl (C=O) groups excluding carboxylic acids is 2. The van der Waals surface area contributed by atoms with Crippen molar-refractivity contribution in [2.45, 2.75) is 24.4 Å². The van der Waals surface area contributed by atoms with Gasteiger partial charge in [-0.05, 0) is 54.1 Å². The number of nitrogens with one attached hydrogen (secondary N) is 1. The summed E-state index contributed by atoms with van der Waals surface area (Å²) in [6.45, 7) is 0.115. The van der Waals surface area contributed by atoms with Crippen molar-refractivity contribution in [3.05, 3.63) is 94.0 Å². The maximum Gasteiger partial charge on any atom is 0.416 e. The molecule has 0 radical (unpaired) electrons. The summed E-state index contributed by atoms with van der Waals surface area (Å²) in [5.74, 6) is -0.834. The first-order chi connectivity index (χ1) is 17.1. The largest absolute Gasteiger partial charge is 0.416 e. The lowest BCUT2D eigenvalue weighted by molar-refractivity contribution is -0.137. The molecule has 0 aliphatic carbocycles. The molecule has 1 heterocycles. The summed E-state index contributed by atoms with van der Waals surface area (Å²) in [6.07, 6.45) is -4.67. The van der Waals surface area contributed by atoms with E-state index in [0.29, 0.717) is 15.7 Å². The predicted molar refractivity (Wildman–Crippen MR) is 137 cm³/mol. The molecule has 0 saturated carbocycles. The van der Waals surface area contributed by atoms with Crippen LogP contribution in [0.4, 0.5) is 24.5 Å². The van der Waals surface area contributed by atoms with Crippen molar-refractivity contribution in [1.82, 2.24) is 4.90 Å². The van der Waals surface area contributed by atoms with E-state index in [1.54, 1.807) is 48.5 Å². The van der Waals surface area contributed by atoms with Crippen LogP contribution in [0, 0.1) is 0 Å². The molecule has 1 fully saturated rings. The maximum atomic E-state index is 13.2. The zero-order chi connectivity index (χ0) is 25.9. The van der Waals surface area contributed by atoms with Crippen molar-refractivity contribution < 1.29 is 22.8 Å². The fourth-order valence-corrected chi connectivity index (χ4v) is 4.83. The summed E-state index contributed by atoms with van der Waals surface area (Å²) in [6, 6.07) is 17.9. The Morgan fingerprint density at radius 3 is 2.44 bits per heavy atom. The molecule has 3 aromatic rings. The van der Waals surface area contributed by atoms with E-state index in [2.05, 4.69) is 10.3 Å². The van der Waals surface area contributed by atoms with Gasteiger partial charge in [-0.25, -0.2) is 4.99 Å². The molecule has 1 aliphatic rings. The SMILES string of the molecule is O=C(Nc1cccc(Cl)c1)C1CC(=O)N(Cc2ccc(Cl)cc2)C(=Nc2cccc(C(F)(F)F)c2)S1. The van der Waals surface area contributed by atoms with E-state index in [9.17, 15) is 22.8 Å². The quantitative estimate of drug-likeness (QED) is 0.365. The third-order valence-electron chi connectivity index (χ3n) is 5.18. The van der Waals surface area contributed by atoms with Crippen LogP contribution in [0.25, 0.3) is 0 Å². The summed E-state index contributed by atoms with van der Waals surface area (Å²) >= 11 is 12.9. The van der Waals surface area contributed by atoms with Gasteiger partial charge in [0.1, 0.15) is 5.25 Å². The fraction of sp³-hybridized carbons (Fsp3) is 0.160. The van der Waals surface area contributed by atoms with Crippen LogP contribution in [-0.2, 0) is 22.3 Å². The average Bonchev–Trinajstić information content (AvgIpc) is 2.82. The minimum atomic E-state index is -4.55. The number of halogens is 5. The highest BCUT2D eigenvalue weighted by Crippen LogP contribution is 2.34. The van der Waals surface area contributed by atoms with Crippen LogP contribution in [0.5, 0.6) is 0 Å². The van der Waals surface area contributed by atoms with Crippen LogP contribution in [0.1, 0.15) is 17.5 Å². The molecule has 1 saturated heterocycles. The van der Waals surface area contributed by atoms with Crippen molar-refractivity contribution >= 4 is 63.3 Å². The number of hydrogen-bond acceptors (Lipinski definition) is 4. The molecule has 186 valence electrons. The Labute approximate surface area is 219 Å². The highest BCUT2D eigenvalue weighted by molar-refractivity contribution is 8.15. The molecule has 1 aliphatic heterocycles. The minimum absolute atomic E-state index is 0.0112. The third-order valence-corrected chi connectivity index (χ3v) is 6.85.